The molecule has 3 aliphatic rings. The Morgan fingerprint density at radius 3 is 2.65 bits per heavy atom. The number of methoxy groups -OCH3 is 1. The molecule has 1 saturated heterocycles. The number of carbonyl (C=O) groups excluding carboxylic acids is 3. The second kappa shape index (κ2) is 15.1. The summed E-state index contributed by atoms with van der Waals surface area (Å²) in [5.41, 5.74) is 1.25. The highest BCUT2D eigenvalue weighted by Crippen LogP contribution is 2.30. The van der Waals surface area contributed by atoms with Crippen LogP contribution >= 0.6 is 0 Å². The number of carbonyl (C=O) groups is 3. The van der Waals surface area contributed by atoms with E-state index in [4.69, 9.17) is 18.9 Å². The van der Waals surface area contributed by atoms with E-state index < -0.39 is 0 Å². The predicted molar refractivity (Wildman–Crippen MR) is 159 cm³/mol. The van der Waals surface area contributed by atoms with Crippen LogP contribution in [0.5, 0.6) is 17.2 Å². The van der Waals surface area contributed by atoms with E-state index in [1.54, 1.807) is 25.3 Å². The van der Waals surface area contributed by atoms with Crippen LogP contribution < -0.4 is 25.4 Å². The maximum absolute atomic E-state index is 13.3. The molecule has 1 aliphatic carbocycles. The van der Waals surface area contributed by atoms with E-state index >= 15 is 0 Å². The fraction of sp³-hybridized carbons (Fsp3) is 0.531. The fourth-order valence-corrected chi connectivity index (χ4v) is 5.86. The van der Waals surface area contributed by atoms with Gasteiger partial charge >= 0.3 is 6.03 Å². The number of urea groups is 1. The Morgan fingerprint density at radius 2 is 1.81 bits per heavy atom. The number of fused-ring (bicyclic) bond motifs is 5. The Balaban J connectivity index is 1.35. The molecule has 2 atom stereocenters. The standard InChI is InChI=1S/C32H42N4O7/c1-40-14-15-41-26-17-24-18-27(19-26)43-25-9-5-6-22(16-25)21-42-29-20-36(31(38)23-7-3-2-4-8-23)13-10-28(29)35-32(39)34-12-11-33-30(24)37/h5-6,9,16-19,23,28-29H,2-4,7-8,10-15,20-21H2,1H3,(H,33,37)(H2,34,35,39)/t28-,29-/m0/s1. The molecule has 0 aromatic heterocycles. The SMILES string of the molecule is COCCOc1cc2cc(c1)C(=O)NCCNC(=O)N[C@H]1CCN(C(=O)C3CCCCC3)C[C@@H]1OCc1cccc(c1)O2. The number of nitrogens with zero attached hydrogens (tertiary/aromatic N) is 1. The molecule has 2 aromatic rings. The van der Waals surface area contributed by atoms with Gasteiger partial charge in [-0.15, -0.1) is 0 Å². The van der Waals surface area contributed by atoms with Crippen molar-refractivity contribution in [1.82, 2.24) is 20.9 Å². The van der Waals surface area contributed by atoms with Gasteiger partial charge in [-0.25, -0.2) is 4.79 Å². The van der Waals surface area contributed by atoms with Crippen LogP contribution in [-0.4, -0.2) is 81.4 Å². The Hall–Kier alpha value is -3.83. The summed E-state index contributed by atoms with van der Waals surface area (Å²) in [6.45, 7) is 2.46. The normalized spacial score (nSPS) is 22.0. The van der Waals surface area contributed by atoms with Crippen LogP contribution in [0.2, 0.25) is 0 Å². The van der Waals surface area contributed by atoms with Crippen molar-refractivity contribution in [2.24, 2.45) is 5.92 Å². The lowest BCUT2D eigenvalue weighted by Crippen LogP contribution is -2.58. The molecule has 0 spiro atoms. The molecule has 2 aliphatic heterocycles. The monoisotopic (exact) mass is 594 g/mol. The molecule has 43 heavy (non-hydrogen) atoms. The molecule has 2 fully saturated rings. The first-order valence-electron chi connectivity index (χ1n) is 15.2. The lowest BCUT2D eigenvalue weighted by atomic mass is 9.87. The minimum Gasteiger partial charge on any atom is -0.491 e. The van der Waals surface area contributed by atoms with Gasteiger partial charge in [-0.2, -0.15) is 0 Å². The molecule has 1 saturated carbocycles. The molecular weight excluding hydrogens is 552 g/mol. The Kier molecular flexibility index (Phi) is 10.7. The Morgan fingerprint density at radius 1 is 0.977 bits per heavy atom. The number of nitrogens with one attached hydrogen (secondary N) is 3. The topological polar surface area (TPSA) is 127 Å². The molecule has 0 radical (unpaired) electrons. The number of rotatable bonds is 5. The number of benzene rings is 2. The lowest BCUT2D eigenvalue weighted by Gasteiger charge is -2.40. The van der Waals surface area contributed by atoms with Gasteiger partial charge in [0.25, 0.3) is 5.91 Å². The van der Waals surface area contributed by atoms with E-state index in [1.165, 1.54) is 6.42 Å². The molecule has 4 amide bonds. The van der Waals surface area contributed by atoms with Gasteiger partial charge in [0.05, 0.1) is 25.4 Å². The van der Waals surface area contributed by atoms with Crippen molar-refractivity contribution >= 4 is 17.8 Å². The third-order valence-electron chi connectivity index (χ3n) is 8.13. The number of hydrogen-bond donors (Lipinski definition) is 3. The maximum atomic E-state index is 13.3. The van der Waals surface area contributed by atoms with Gasteiger partial charge in [0.1, 0.15) is 23.9 Å². The molecule has 5 rings (SSSR count). The molecule has 11 nitrogen and oxygen atoms in total. The van der Waals surface area contributed by atoms with Crippen LogP contribution in [0.25, 0.3) is 0 Å². The van der Waals surface area contributed by atoms with E-state index in [-0.39, 0.29) is 55.6 Å². The first-order chi connectivity index (χ1) is 21.0. The van der Waals surface area contributed by atoms with E-state index in [9.17, 15) is 14.4 Å². The van der Waals surface area contributed by atoms with Crippen LogP contribution in [0.3, 0.4) is 0 Å². The van der Waals surface area contributed by atoms with Gasteiger partial charge < -0.3 is 39.8 Å². The number of piperidine rings is 1. The molecule has 232 valence electrons. The number of ether oxygens (including phenoxy) is 4. The van der Waals surface area contributed by atoms with E-state index in [0.717, 1.165) is 31.2 Å². The summed E-state index contributed by atoms with van der Waals surface area (Å²) >= 11 is 0. The highest BCUT2D eigenvalue weighted by Gasteiger charge is 2.36. The third kappa shape index (κ3) is 8.61. The number of amides is 4. The smallest absolute Gasteiger partial charge is 0.315 e. The molecule has 11 heteroatoms. The Labute approximate surface area is 252 Å². The van der Waals surface area contributed by atoms with Gasteiger partial charge in [0, 0.05) is 50.8 Å². The van der Waals surface area contributed by atoms with Crippen molar-refractivity contribution in [3.05, 3.63) is 53.6 Å². The average Bonchev–Trinajstić information content (AvgIpc) is 3.02. The summed E-state index contributed by atoms with van der Waals surface area (Å²) in [6.07, 6.45) is 5.49. The van der Waals surface area contributed by atoms with E-state index in [2.05, 4.69) is 16.0 Å². The first kappa shape index (κ1) is 30.6. The van der Waals surface area contributed by atoms with Crippen molar-refractivity contribution in [3.8, 4) is 17.2 Å². The summed E-state index contributed by atoms with van der Waals surface area (Å²) in [4.78, 5) is 41.0. The van der Waals surface area contributed by atoms with E-state index in [1.807, 2.05) is 29.2 Å². The van der Waals surface area contributed by atoms with E-state index in [0.29, 0.717) is 55.5 Å². The predicted octanol–water partition coefficient (Wildman–Crippen LogP) is 3.61. The minimum absolute atomic E-state index is 0.0780. The first-order valence-corrected chi connectivity index (χ1v) is 15.2. The van der Waals surface area contributed by atoms with Crippen molar-refractivity contribution < 1.29 is 33.3 Å². The summed E-state index contributed by atoms with van der Waals surface area (Å²) in [5, 5.41) is 8.69. The second-order valence-corrected chi connectivity index (χ2v) is 11.3. The van der Waals surface area contributed by atoms with Crippen LogP contribution in [-0.2, 0) is 20.9 Å². The largest absolute Gasteiger partial charge is 0.491 e. The van der Waals surface area contributed by atoms with Gasteiger partial charge in [-0.1, -0.05) is 31.4 Å². The third-order valence-corrected chi connectivity index (χ3v) is 8.13. The summed E-state index contributed by atoms with van der Waals surface area (Å²) < 4.78 is 23.4. The second-order valence-electron chi connectivity index (χ2n) is 11.3. The van der Waals surface area contributed by atoms with Crippen molar-refractivity contribution in [1.29, 1.82) is 0 Å². The van der Waals surface area contributed by atoms with Gasteiger partial charge in [-0.3, -0.25) is 9.59 Å². The summed E-state index contributed by atoms with van der Waals surface area (Å²) in [7, 11) is 1.59. The number of hydrogen-bond acceptors (Lipinski definition) is 7. The zero-order valence-electron chi connectivity index (χ0n) is 24.8. The molecule has 2 aromatic carbocycles. The zero-order chi connectivity index (χ0) is 30.0. The van der Waals surface area contributed by atoms with Gasteiger partial charge in [0.15, 0.2) is 0 Å². The lowest BCUT2D eigenvalue weighted by molar-refractivity contribution is -0.141. The minimum atomic E-state index is -0.376. The highest BCUT2D eigenvalue weighted by molar-refractivity contribution is 5.95. The van der Waals surface area contributed by atoms with Crippen LogP contribution in [0.4, 0.5) is 4.79 Å². The molecule has 3 N–H and O–H groups in total. The quantitative estimate of drug-likeness (QED) is 0.452. The molecule has 0 unspecified atom stereocenters. The summed E-state index contributed by atoms with van der Waals surface area (Å²) in [5.74, 6) is 1.46. The molecule has 2 heterocycles. The van der Waals surface area contributed by atoms with Gasteiger partial charge in [-0.05, 0) is 49.1 Å². The van der Waals surface area contributed by atoms with Crippen LogP contribution in [0, 0.1) is 5.92 Å². The van der Waals surface area contributed by atoms with Crippen molar-refractivity contribution in [2.45, 2.75) is 57.3 Å². The van der Waals surface area contributed by atoms with Gasteiger partial charge in [0.2, 0.25) is 5.91 Å². The van der Waals surface area contributed by atoms with Crippen LogP contribution in [0.15, 0.2) is 42.5 Å². The highest BCUT2D eigenvalue weighted by atomic mass is 16.5. The summed E-state index contributed by atoms with van der Waals surface area (Å²) in [6, 6.07) is 11.9. The van der Waals surface area contributed by atoms with Crippen molar-refractivity contribution in [3.63, 3.8) is 0 Å². The maximum Gasteiger partial charge on any atom is 0.315 e. The Bertz CT molecular complexity index is 1270. The average molecular weight is 595 g/mol. The van der Waals surface area contributed by atoms with Crippen molar-refractivity contribution in [2.75, 3.05) is 46.5 Å². The van der Waals surface area contributed by atoms with Crippen LogP contribution in [0.1, 0.15) is 54.4 Å². The molecule has 4 bridgehead atoms. The molecular formula is C32H42N4O7. The fourth-order valence-electron chi connectivity index (χ4n) is 5.86. The zero-order valence-corrected chi connectivity index (χ0v) is 24.8. The number of likely N-dealkylation sites (tertiary alicyclic amines) is 1.